The molecule has 0 aliphatic rings. The van der Waals surface area contributed by atoms with Gasteiger partial charge in [0.2, 0.25) is 15.9 Å². The summed E-state index contributed by atoms with van der Waals surface area (Å²) >= 11 is 0. The number of carbonyl (C=O) groups is 2. The van der Waals surface area contributed by atoms with Crippen molar-refractivity contribution in [1.82, 2.24) is 4.31 Å². The number of rotatable bonds is 9. The molecule has 1 amide bonds. The molecule has 0 radical (unpaired) electrons. The van der Waals surface area contributed by atoms with Gasteiger partial charge in [0.05, 0.1) is 25.8 Å². The molecule has 2 rings (SSSR count). The van der Waals surface area contributed by atoms with Gasteiger partial charge >= 0.3 is 5.97 Å². The first-order valence-electron chi connectivity index (χ1n) is 8.91. The molecule has 0 saturated heterocycles. The Morgan fingerprint density at radius 3 is 2.17 bits per heavy atom. The number of halogens is 1. The lowest BCUT2D eigenvalue weighted by Crippen LogP contribution is -2.36. The topological polar surface area (TPSA) is 92.8 Å². The number of esters is 1. The quantitative estimate of drug-likeness (QED) is 0.626. The molecular weight excluding hydrogens is 399 g/mol. The lowest BCUT2D eigenvalue weighted by Gasteiger charge is -2.19. The molecule has 0 bridgehead atoms. The van der Waals surface area contributed by atoms with Gasteiger partial charge < -0.3 is 10.1 Å². The summed E-state index contributed by atoms with van der Waals surface area (Å²) in [6.45, 7) is 1.60. The van der Waals surface area contributed by atoms with Crippen molar-refractivity contribution in [1.29, 1.82) is 0 Å². The summed E-state index contributed by atoms with van der Waals surface area (Å²) in [6.07, 6.45) is 1.13. The van der Waals surface area contributed by atoms with Crippen molar-refractivity contribution < 1.29 is 27.1 Å². The molecule has 0 aliphatic heterocycles. The Kier molecular flexibility index (Phi) is 7.86. The first kappa shape index (κ1) is 22.5. The number of carbonyl (C=O) groups excluding carboxylic acids is 2. The van der Waals surface area contributed by atoms with E-state index in [1.54, 1.807) is 31.2 Å². The van der Waals surface area contributed by atoms with Crippen LogP contribution < -0.4 is 5.32 Å². The fourth-order valence-electron chi connectivity index (χ4n) is 2.53. The van der Waals surface area contributed by atoms with Crippen LogP contribution in [0.1, 0.15) is 18.1 Å². The molecule has 29 heavy (non-hydrogen) atoms. The van der Waals surface area contributed by atoms with Gasteiger partial charge in [-0.15, -0.1) is 0 Å². The minimum absolute atomic E-state index is 0.0506. The van der Waals surface area contributed by atoms with Crippen LogP contribution in [-0.4, -0.2) is 44.0 Å². The second-order valence-corrected chi connectivity index (χ2v) is 8.37. The number of hydrogen-bond donors (Lipinski definition) is 1. The van der Waals surface area contributed by atoms with Gasteiger partial charge in [0.25, 0.3) is 0 Å². The van der Waals surface area contributed by atoms with Crippen LogP contribution in [-0.2, 0) is 37.3 Å². The van der Waals surface area contributed by atoms with Crippen molar-refractivity contribution in [3.8, 4) is 0 Å². The lowest BCUT2D eigenvalue weighted by atomic mass is 10.1. The monoisotopic (exact) mass is 422 g/mol. The smallest absolute Gasteiger partial charge is 0.310 e. The SMILES string of the molecule is CCOC(=O)Cc1ccc(NC(=O)CN(Cc2ccc(F)cc2)S(C)(=O)=O)cc1. The molecule has 7 nitrogen and oxygen atoms in total. The van der Waals surface area contributed by atoms with Crippen molar-refractivity contribution in [2.45, 2.75) is 19.9 Å². The third-order valence-electron chi connectivity index (χ3n) is 3.95. The van der Waals surface area contributed by atoms with E-state index in [2.05, 4.69) is 5.32 Å². The number of sulfonamides is 1. The van der Waals surface area contributed by atoms with Gasteiger partial charge in [-0.25, -0.2) is 12.8 Å². The highest BCUT2D eigenvalue weighted by molar-refractivity contribution is 7.88. The molecule has 0 saturated carbocycles. The largest absolute Gasteiger partial charge is 0.466 e. The summed E-state index contributed by atoms with van der Waals surface area (Å²) in [4.78, 5) is 23.8. The Hall–Kier alpha value is -2.78. The van der Waals surface area contributed by atoms with E-state index in [1.807, 2.05) is 0 Å². The van der Waals surface area contributed by atoms with E-state index >= 15 is 0 Å². The normalized spacial score (nSPS) is 11.3. The van der Waals surface area contributed by atoms with E-state index in [4.69, 9.17) is 4.74 Å². The number of nitrogens with zero attached hydrogens (tertiary/aromatic N) is 1. The summed E-state index contributed by atoms with van der Waals surface area (Å²) in [5.74, 6) is -1.28. The van der Waals surface area contributed by atoms with Crippen LogP contribution in [0.2, 0.25) is 0 Å². The van der Waals surface area contributed by atoms with Crippen LogP contribution >= 0.6 is 0 Å². The standard InChI is InChI=1S/C20H23FN2O5S/c1-3-28-20(25)12-15-6-10-18(11-7-15)22-19(24)14-23(29(2,26)27)13-16-4-8-17(21)9-5-16/h4-11H,3,12-14H2,1-2H3,(H,22,24). The number of hydrogen-bond acceptors (Lipinski definition) is 5. The summed E-state index contributed by atoms with van der Waals surface area (Å²) < 4.78 is 42.9. The van der Waals surface area contributed by atoms with Gasteiger partial charge in [-0.2, -0.15) is 4.31 Å². The van der Waals surface area contributed by atoms with E-state index in [0.717, 1.165) is 16.1 Å². The number of nitrogens with one attached hydrogen (secondary N) is 1. The second-order valence-electron chi connectivity index (χ2n) is 6.38. The molecule has 0 spiro atoms. The molecule has 156 valence electrons. The maximum Gasteiger partial charge on any atom is 0.310 e. The van der Waals surface area contributed by atoms with Gasteiger partial charge in [0.1, 0.15) is 5.82 Å². The molecule has 0 aromatic heterocycles. The number of anilines is 1. The second kappa shape index (κ2) is 10.1. The number of amides is 1. The zero-order valence-corrected chi connectivity index (χ0v) is 17.0. The molecular formula is C20H23FN2O5S. The first-order valence-corrected chi connectivity index (χ1v) is 10.8. The first-order chi connectivity index (χ1) is 13.7. The van der Waals surface area contributed by atoms with E-state index in [-0.39, 0.29) is 25.5 Å². The molecule has 0 atom stereocenters. The molecule has 2 aromatic rings. The maximum atomic E-state index is 13.0. The zero-order chi connectivity index (χ0) is 21.4. The Morgan fingerprint density at radius 1 is 1.03 bits per heavy atom. The highest BCUT2D eigenvalue weighted by Crippen LogP contribution is 2.13. The minimum Gasteiger partial charge on any atom is -0.466 e. The van der Waals surface area contributed by atoms with Crippen molar-refractivity contribution in [3.63, 3.8) is 0 Å². The lowest BCUT2D eigenvalue weighted by molar-refractivity contribution is -0.142. The van der Waals surface area contributed by atoms with Crippen molar-refractivity contribution >= 4 is 27.6 Å². The van der Waals surface area contributed by atoms with E-state index in [0.29, 0.717) is 17.9 Å². The van der Waals surface area contributed by atoms with Gasteiger partial charge in [-0.3, -0.25) is 9.59 Å². The van der Waals surface area contributed by atoms with E-state index < -0.39 is 21.7 Å². The van der Waals surface area contributed by atoms with Gasteiger partial charge in [-0.05, 0) is 42.3 Å². The average molecular weight is 422 g/mol. The summed E-state index contributed by atoms with van der Waals surface area (Å²) in [6, 6.07) is 12.0. The number of ether oxygens (including phenoxy) is 1. The van der Waals surface area contributed by atoms with Crippen molar-refractivity contribution in [2.75, 3.05) is 24.7 Å². The minimum atomic E-state index is -3.66. The summed E-state index contributed by atoms with van der Waals surface area (Å²) in [5.41, 5.74) is 1.77. The third kappa shape index (κ3) is 7.63. The van der Waals surface area contributed by atoms with Crippen LogP contribution in [0, 0.1) is 5.82 Å². The molecule has 0 heterocycles. The summed E-state index contributed by atoms with van der Waals surface area (Å²) in [7, 11) is -3.66. The van der Waals surface area contributed by atoms with Gasteiger partial charge in [-0.1, -0.05) is 24.3 Å². The van der Waals surface area contributed by atoms with Crippen molar-refractivity contribution in [3.05, 3.63) is 65.5 Å². The Balaban J connectivity index is 1.99. The highest BCUT2D eigenvalue weighted by Gasteiger charge is 2.20. The van der Waals surface area contributed by atoms with Crippen LogP contribution in [0.4, 0.5) is 10.1 Å². The molecule has 2 aromatic carbocycles. The Bertz CT molecular complexity index is 944. The zero-order valence-electron chi connectivity index (χ0n) is 16.2. The van der Waals surface area contributed by atoms with E-state index in [9.17, 15) is 22.4 Å². The van der Waals surface area contributed by atoms with Crippen LogP contribution in [0.5, 0.6) is 0 Å². The Labute approximate surface area is 169 Å². The van der Waals surface area contributed by atoms with Gasteiger partial charge in [0.15, 0.2) is 0 Å². The molecule has 0 unspecified atom stereocenters. The fraction of sp³-hybridized carbons (Fsp3) is 0.300. The predicted molar refractivity (Wildman–Crippen MR) is 107 cm³/mol. The number of benzene rings is 2. The molecule has 1 N–H and O–H groups in total. The van der Waals surface area contributed by atoms with E-state index in [1.165, 1.54) is 24.3 Å². The highest BCUT2D eigenvalue weighted by atomic mass is 32.2. The van der Waals surface area contributed by atoms with Crippen LogP contribution in [0.25, 0.3) is 0 Å². The van der Waals surface area contributed by atoms with Crippen molar-refractivity contribution in [2.24, 2.45) is 0 Å². The van der Waals surface area contributed by atoms with Crippen LogP contribution in [0.3, 0.4) is 0 Å². The molecule has 0 fully saturated rings. The summed E-state index contributed by atoms with van der Waals surface area (Å²) in [5, 5.41) is 2.62. The average Bonchev–Trinajstić information content (AvgIpc) is 2.64. The predicted octanol–water partition coefficient (Wildman–Crippen LogP) is 2.33. The Morgan fingerprint density at radius 2 is 1.62 bits per heavy atom. The van der Waals surface area contributed by atoms with Gasteiger partial charge in [0, 0.05) is 12.2 Å². The van der Waals surface area contributed by atoms with Crippen LogP contribution in [0.15, 0.2) is 48.5 Å². The molecule has 0 aliphatic carbocycles. The molecule has 9 heteroatoms. The third-order valence-corrected chi connectivity index (χ3v) is 5.15. The maximum absolute atomic E-state index is 13.0. The fourth-order valence-corrected chi connectivity index (χ4v) is 3.26.